The van der Waals surface area contributed by atoms with Gasteiger partial charge >= 0.3 is 5.97 Å². The van der Waals surface area contributed by atoms with Crippen molar-refractivity contribution in [1.29, 1.82) is 0 Å². The van der Waals surface area contributed by atoms with Crippen LogP contribution in [0.3, 0.4) is 0 Å². The van der Waals surface area contributed by atoms with Crippen molar-refractivity contribution < 1.29 is 19.1 Å². The number of ketones is 1. The highest BCUT2D eigenvalue weighted by atomic mass is 16.5. The minimum Gasteiger partial charge on any atom is -0.489 e. The molecular weight excluding hydrogens is 414 g/mol. The van der Waals surface area contributed by atoms with Gasteiger partial charge < -0.3 is 14.8 Å². The van der Waals surface area contributed by atoms with Crippen molar-refractivity contribution in [1.82, 2.24) is 5.32 Å². The summed E-state index contributed by atoms with van der Waals surface area (Å²) in [6.45, 7) is 8.58. The Morgan fingerprint density at radius 3 is 2.58 bits per heavy atom. The molecule has 1 atom stereocenters. The van der Waals surface area contributed by atoms with Gasteiger partial charge in [-0.3, -0.25) is 4.79 Å². The molecule has 0 unspecified atom stereocenters. The van der Waals surface area contributed by atoms with E-state index in [-0.39, 0.29) is 17.8 Å². The Morgan fingerprint density at radius 2 is 1.85 bits per heavy atom. The summed E-state index contributed by atoms with van der Waals surface area (Å²) >= 11 is 0. The lowest BCUT2D eigenvalue weighted by Gasteiger charge is -2.39. The zero-order chi connectivity index (χ0) is 23.6. The van der Waals surface area contributed by atoms with Crippen molar-refractivity contribution in [3.05, 3.63) is 88.3 Å². The molecule has 0 bridgehead atoms. The van der Waals surface area contributed by atoms with Crippen molar-refractivity contribution in [2.24, 2.45) is 5.41 Å². The molecule has 0 spiro atoms. The summed E-state index contributed by atoms with van der Waals surface area (Å²) in [4.78, 5) is 26.4. The molecule has 4 rings (SSSR count). The lowest BCUT2D eigenvalue weighted by molar-refractivity contribution is -0.138. The van der Waals surface area contributed by atoms with Gasteiger partial charge in [0.1, 0.15) is 12.4 Å². The van der Waals surface area contributed by atoms with Crippen LogP contribution in [0.15, 0.2) is 77.1 Å². The van der Waals surface area contributed by atoms with Crippen molar-refractivity contribution in [2.45, 2.75) is 53.1 Å². The smallest absolute Gasteiger partial charge is 0.336 e. The number of carbonyl (C=O) groups excluding carboxylic acids is 2. The average Bonchev–Trinajstić information content (AvgIpc) is 2.77. The number of ether oxygens (including phenoxy) is 2. The van der Waals surface area contributed by atoms with E-state index in [1.165, 1.54) is 0 Å². The van der Waals surface area contributed by atoms with Crippen LogP contribution in [0.25, 0.3) is 0 Å². The molecule has 0 fully saturated rings. The summed E-state index contributed by atoms with van der Waals surface area (Å²) < 4.78 is 11.4. The van der Waals surface area contributed by atoms with E-state index in [0.29, 0.717) is 29.9 Å². The number of Topliss-reactive ketones (excluding diaryl/α,β-unsaturated/α-hetero) is 1. The van der Waals surface area contributed by atoms with Crippen LogP contribution in [-0.4, -0.2) is 18.4 Å². The predicted molar refractivity (Wildman–Crippen MR) is 127 cm³/mol. The zero-order valence-electron chi connectivity index (χ0n) is 19.7. The molecule has 0 aromatic heterocycles. The normalized spacial score (nSPS) is 19.6. The van der Waals surface area contributed by atoms with Crippen LogP contribution in [0.4, 0.5) is 0 Å². The fourth-order valence-corrected chi connectivity index (χ4v) is 4.77. The third kappa shape index (κ3) is 4.87. The Bertz CT molecular complexity index is 1130. The number of rotatable bonds is 6. The van der Waals surface area contributed by atoms with Crippen LogP contribution in [-0.2, 0) is 20.9 Å². The minimum atomic E-state index is -0.482. The van der Waals surface area contributed by atoms with Crippen LogP contribution in [0.2, 0.25) is 0 Å². The van der Waals surface area contributed by atoms with Gasteiger partial charge in [0.2, 0.25) is 0 Å². The van der Waals surface area contributed by atoms with E-state index in [1.807, 2.05) is 61.5 Å². The second kappa shape index (κ2) is 9.26. The highest BCUT2D eigenvalue weighted by molar-refractivity contribution is 6.04. The number of esters is 1. The first kappa shape index (κ1) is 22.8. The number of hydrogen-bond donors (Lipinski definition) is 1. The Balaban J connectivity index is 1.74. The van der Waals surface area contributed by atoms with Crippen molar-refractivity contribution in [3.63, 3.8) is 0 Å². The highest BCUT2D eigenvalue weighted by Gasteiger charge is 2.43. The molecule has 33 heavy (non-hydrogen) atoms. The second-order valence-electron chi connectivity index (χ2n) is 9.50. The summed E-state index contributed by atoms with van der Waals surface area (Å²) in [5.74, 6) is -0.110. The largest absolute Gasteiger partial charge is 0.489 e. The zero-order valence-corrected chi connectivity index (χ0v) is 19.7. The number of hydrogen-bond acceptors (Lipinski definition) is 5. The summed E-state index contributed by atoms with van der Waals surface area (Å²) in [6, 6.07) is 17.7. The van der Waals surface area contributed by atoms with Crippen molar-refractivity contribution >= 4 is 11.8 Å². The van der Waals surface area contributed by atoms with E-state index in [9.17, 15) is 9.59 Å². The number of carbonyl (C=O) groups is 2. The molecule has 5 nitrogen and oxygen atoms in total. The molecule has 1 N–H and O–H groups in total. The monoisotopic (exact) mass is 445 g/mol. The fourth-order valence-electron chi connectivity index (χ4n) is 4.77. The maximum Gasteiger partial charge on any atom is 0.336 e. The Morgan fingerprint density at radius 1 is 1.09 bits per heavy atom. The Labute approximate surface area is 195 Å². The summed E-state index contributed by atoms with van der Waals surface area (Å²) in [5.41, 5.74) is 4.59. The summed E-state index contributed by atoms with van der Waals surface area (Å²) in [5, 5.41) is 3.36. The summed E-state index contributed by atoms with van der Waals surface area (Å²) in [7, 11) is 0. The van der Waals surface area contributed by atoms with Gasteiger partial charge in [0.25, 0.3) is 0 Å². The molecule has 0 saturated carbocycles. The van der Waals surface area contributed by atoms with E-state index in [2.05, 4.69) is 19.2 Å². The average molecular weight is 446 g/mol. The van der Waals surface area contributed by atoms with Crippen LogP contribution in [0.1, 0.15) is 57.6 Å². The third-order valence-electron chi connectivity index (χ3n) is 6.17. The van der Waals surface area contributed by atoms with E-state index in [1.54, 1.807) is 6.92 Å². The van der Waals surface area contributed by atoms with Crippen LogP contribution in [0, 0.1) is 5.41 Å². The van der Waals surface area contributed by atoms with Gasteiger partial charge in [-0.1, -0.05) is 56.3 Å². The van der Waals surface area contributed by atoms with E-state index < -0.39 is 11.9 Å². The van der Waals surface area contributed by atoms with Crippen LogP contribution >= 0.6 is 0 Å². The number of dihydropyridines is 1. The van der Waals surface area contributed by atoms with Crippen molar-refractivity contribution in [3.8, 4) is 5.75 Å². The molecule has 0 radical (unpaired) electrons. The van der Waals surface area contributed by atoms with Gasteiger partial charge in [-0.15, -0.1) is 0 Å². The Hall–Kier alpha value is -3.34. The topological polar surface area (TPSA) is 64.6 Å². The fraction of sp³-hybridized carbons (Fsp3) is 0.357. The maximum atomic E-state index is 13.4. The standard InChI is InChI=1S/C28H31NO4/c1-5-32-27(31)24-18(2)29-22-15-28(3,4)16-23(30)26(22)25(24)20-12-9-13-21(14-20)33-17-19-10-7-6-8-11-19/h6-14,25,29H,5,15-17H2,1-4H3/t25-/m1/s1. The van der Waals surface area contributed by atoms with Gasteiger partial charge in [-0.2, -0.15) is 0 Å². The number of allylic oxidation sites excluding steroid dienone is 3. The molecule has 2 aromatic rings. The highest BCUT2D eigenvalue weighted by Crippen LogP contribution is 2.47. The molecule has 2 aromatic carbocycles. The molecule has 0 saturated heterocycles. The van der Waals surface area contributed by atoms with E-state index >= 15 is 0 Å². The molecule has 1 heterocycles. The lowest BCUT2D eigenvalue weighted by atomic mass is 9.68. The molecule has 5 heteroatoms. The van der Waals surface area contributed by atoms with Gasteiger partial charge in [-0.05, 0) is 48.9 Å². The lowest BCUT2D eigenvalue weighted by Crippen LogP contribution is -2.38. The van der Waals surface area contributed by atoms with Gasteiger partial charge in [-0.25, -0.2) is 4.79 Å². The quantitative estimate of drug-likeness (QED) is 0.601. The molecule has 0 amide bonds. The van der Waals surface area contributed by atoms with Gasteiger partial charge in [0.15, 0.2) is 5.78 Å². The molecule has 1 aliphatic carbocycles. The number of benzene rings is 2. The maximum absolute atomic E-state index is 13.4. The second-order valence-corrected chi connectivity index (χ2v) is 9.50. The first-order valence-electron chi connectivity index (χ1n) is 11.5. The van der Waals surface area contributed by atoms with Gasteiger partial charge in [0, 0.05) is 29.3 Å². The Kier molecular flexibility index (Phi) is 6.41. The van der Waals surface area contributed by atoms with Crippen molar-refractivity contribution in [2.75, 3.05) is 6.61 Å². The molecular formula is C28H31NO4. The van der Waals surface area contributed by atoms with Crippen LogP contribution in [0.5, 0.6) is 5.75 Å². The third-order valence-corrected chi connectivity index (χ3v) is 6.17. The first-order valence-corrected chi connectivity index (χ1v) is 11.5. The minimum absolute atomic E-state index is 0.0728. The van der Waals surface area contributed by atoms with Crippen LogP contribution < -0.4 is 10.1 Å². The molecule has 1 aliphatic heterocycles. The van der Waals surface area contributed by atoms with E-state index in [4.69, 9.17) is 9.47 Å². The molecule has 172 valence electrons. The first-order chi connectivity index (χ1) is 15.8. The van der Waals surface area contributed by atoms with E-state index in [0.717, 1.165) is 28.9 Å². The predicted octanol–water partition coefficient (Wildman–Crippen LogP) is 5.43. The van der Waals surface area contributed by atoms with Gasteiger partial charge in [0.05, 0.1) is 12.2 Å². The summed E-state index contributed by atoms with van der Waals surface area (Å²) in [6.07, 6.45) is 1.20. The molecule has 2 aliphatic rings. The number of nitrogens with one attached hydrogen (secondary N) is 1. The SMILES string of the molecule is CCOC(=O)C1=C(C)NC2=C(C(=O)CC(C)(C)C2)[C@@H]1c1cccc(OCc2ccccc2)c1.